The predicted molar refractivity (Wildman–Crippen MR) is 83.2 cm³/mol. The van der Waals surface area contributed by atoms with E-state index in [1.165, 1.54) is 16.7 Å². The van der Waals surface area contributed by atoms with Gasteiger partial charge in [-0.1, -0.05) is 47.6 Å². The lowest BCUT2D eigenvalue weighted by molar-refractivity contribution is 0.245. The van der Waals surface area contributed by atoms with E-state index in [1.807, 2.05) is 18.2 Å². The van der Waals surface area contributed by atoms with Crippen LogP contribution in [-0.4, -0.2) is 22.5 Å². The predicted octanol–water partition coefficient (Wildman–Crippen LogP) is 2.34. The average molecular weight is 281 g/mol. The minimum Gasteiger partial charge on any atom is -0.409 e. The maximum Gasteiger partial charge on any atom is 0.170 e. The molecule has 0 saturated heterocycles. The summed E-state index contributed by atoms with van der Waals surface area (Å²) in [6.07, 6.45) is 1.09. The molecule has 2 aromatic carbocycles. The molecule has 0 radical (unpaired) electrons. The monoisotopic (exact) mass is 281 g/mol. The molecule has 0 spiro atoms. The highest BCUT2D eigenvalue weighted by atomic mass is 16.4. The lowest BCUT2D eigenvalue weighted by Crippen LogP contribution is -2.30. The number of hydrogen-bond acceptors (Lipinski definition) is 3. The summed E-state index contributed by atoms with van der Waals surface area (Å²) in [6, 6.07) is 16.5. The maximum absolute atomic E-state index is 8.76. The van der Waals surface area contributed by atoms with Crippen LogP contribution in [0.15, 0.2) is 53.7 Å². The van der Waals surface area contributed by atoms with Crippen LogP contribution in [0.25, 0.3) is 0 Å². The molecule has 3 N–H and O–H groups in total. The molecule has 0 amide bonds. The Hall–Kier alpha value is -2.33. The zero-order chi connectivity index (χ0) is 14.7. The molecule has 2 aromatic rings. The summed E-state index contributed by atoms with van der Waals surface area (Å²) in [5, 5.41) is 11.8. The van der Waals surface area contributed by atoms with E-state index in [0.717, 1.165) is 31.6 Å². The van der Waals surface area contributed by atoms with Crippen LogP contribution >= 0.6 is 0 Å². The first-order valence-corrected chi connectivity index (χ1v) is 7.12. The van der Waals surface area contributed by atoms with E-state index < -0.39 is 0 Å². The van der Waals surface area contributed by atoms with Gasteiger partial charge in [0.05, 0.1) is 0 Å². The topological polar surface area (TPSA) is 61.9 Å². The van der Waals surface area contributed by atoms with Crippen molar-refractivity contribution in [3.05, 3.63) is 70.8 Å². The normalized spacial score (nSPS) is 15.7. The van der Waals surface area contributed by atoms with Crippen LogP contribution in [0.3, 0.4) is 0 Å². The minimum atomic E-state index is 0.154. The van der Waals surface area contributed by atoms with Crippen LogP contribution in [0.2, 0.25) is 0 Å². The Labute approximate surface area is 124 Å². The molecule has 0 aromatic heterocycles. The molecular weight excluding hydrogens is 262 g/mol. The second kappa shape index (κ2) is 5.97. The lowest BCUT2D eigenvalue weighted by Gasteiger charge is -2.28. The van der Waals surface area contributed by atoms with Gasteiger partial charge in [0.25, 0.3) is 0 Å². The van der Waals surface area contributed by atoms with Crippen molar-refractivity contribution >= 4 is 5.84 Å². The van der Waals surface area contributed by atoms with E-state index in [4.69, 9.17) is 10.9 Å². The summed E-state index contributed by atoms with van der Waals surface area (Å²) in [5.41, 5.74) is 10.5. The first-order chi connectivity index (χ1) is 10.3. The fourth-order valence-electron chi connectivity index (χ4n) is 2.83. The van der Waals surface area contributed by atoms with Crippen molar-refractivity contribution < 1.29 is 5.21 Å². The number of hydrogen-bond donors (Lipinski definition) is 2. The zero-order valence-corrected chi connectivity index (χ0v) is 11.9. The Balaban J connectivity index is 1.74. The van der Waals surface area contributed by atoms with Crippen molar-refractivity contribution in [3.63, 3.8) is 0 Å². The molecule has 108 valence electrons. The Morgan fingerprint density at radius 3 is 2.76 bits per heavy atom. The first-order valence-electron chi connectivity index (χ1n) is 7.12. The number of nitrogens with two attached hydrogens (primary N) is 1. The average Bonchev–Trinajstić information content (AvgIpc) is 2.54. The van der Waals surface area contributed by atoms with Gasteiger partial charge in [0.15, 0.2) is 5.84 Å². The standard InChI is InChI=1S/C17H19N3O/c18-17(19-21)15-7-3-4-13(10-15)11-20-9-8-14-5-1-2-6-16(14)12-20/h1-7,10,21H,8-9,11-12H2,(H2,18,19). The smallest absolute Gasteiger partial charge is 0.170 e. The molecule has 3 rings (SSSR count). The number of fused-ring (bicyclic) bond motifs is 1. The van der Waals surface area contributed by atoms with Crippen molar-refractivity contribution in [2.45, 2.75) is 19.5 Å². The van der Waals surface area contributed by atoms with Crippen molar-refractivity contribution in [1.82, 2.24) is 4.90 Å². The third kappa shape index (κ3) is 3.06. The number of rotatable bonds is 3. The van der Waals surface area contributed by atoms with Crippen LogP contribution in [0, 0.1) is 0 Å². The van der Waals surface area contributed by atoms with E-state index >= 15 is 0 Å². The third-order valence-corrected chi connectivity index (χ3v) is 3.95. The molecule has 0 unspecified atom stereocenters. The molecule has 1 aliphatic rings. The highest BCUT2D eigenvalue weighted by Gasteiger charge is 2.15. The summed E-state index contributed by atoms with van der Waals surface area (Å²) in [7, 11) is 0. The van der Waals surface area contributed by atoms with Crippen molar-refractivity contribution in [3.8, 4) is 0 Å². The van der Waals surface area contributed by atoms with Gasteiger partial charge in [0.2, 0.25) is 0 Å². The second-order valence-electron chi connectivity index (χ2n) is 5.41. The molecule has 4 heteroatoms. The fraction of sp³-hybridized carbons (Fsp3) is 0.235. The van der Waals surface area contributed by atoms with Crippen molar-refractivity contribution in [2.75, 3.05) is 6.54 Å². The Morgan fingerprint density at radius 2 is 1.95 bits per heavy atom. The van der Waals surface area contributed by atoms with E-state index in [0.29, 0.717) is 0 Å². The SMILES string of the molecule is N/C(=N\O)c1cccc(CN2CCc3ccccc3C2)c1. The van der Waals surface area contributed by atoms with E-state index in [2.05, 4.69) is 40.4 Å². The first kappa shape index (κ1) is 13.6. The van der Waals surface area contributed by atoms with Gasteiger partial charge < -0.3 is 10.9 Å². The number of oxime groups is 1. The van der Waals surface area contributed by atoms with Gasteiger partial charge in [-0.25, -0.2) is 0 Å². The van der Waals surface area contributed by atoms with E-state index in [-0.39, 0.29) is 5.84 Å². The van der Waals surface area contributed by atoms with Crippen LogP contribution < -0.4 is 5.73 Å². The second-order valence-corrected chi connectivity index (χ2v) is 5.41. The molecule has 0 atom stereocenters. The van der Waals surface area contributed by atoms with Crippen LogP contribution in [0.4, 0.5) is 0 Å². The van der Waals surface area contributed by atoms with Crippen molar-refractivity contribution in [1.29, 1.82) is 0 Å². The molecule has 0 saturated carbocycles. The highest BCUT2D eigenvalue weighted by molar-refractivity contribution is 5.97. The maximum atomic E-state index is 8.76. The molecule has 1 aliphatic heterocycles. The Bertz CT molecular complexity index is 667. The van der Waals surface area contributed by atoms with E-state index in [1.54, 1.807) is 0 Å². The molecule has 0 bridgehead atoms. The van der Waals surface area contributed by atoms with Gasteiger partial charge in [-0.05, 0) is 29.2 Å². The van der Waals surface area contributed by atoms with Gasteiger partial charge in [0.1, 0.15) is 0 Å². The van der Waals surface area contributed by atoms with Crippen LogP contribution in [0.1, 0.15) is 22.3 Å². The van der Waals surface area contributed by atoms with Crippen LogP contribution in [-0.2, 0) is 19.5 Å². The zero-order valence-electron chi connectivity index (χ0n) is 11.9. The minimum absolute atomic E-state index is 0.154. The molecule has 0 fully saturated rings. The molecular formula is C17H19N3O. The highest BCUT2D eigenvalue weighted by Crippen LogP contribution is 2.20. The largest absolute Gasteiger partial charge is 0.409 e. The number of benzene rings is 2. The lowest BCUT2D eigenvalue weighted by atomic mass is 9.99. The summed E-state index contributed by atoms with van der Waals surface area (Å²) in [5.74, 6) is 0.154. The molecule has 21 heavy (non-hydrogen) atoms. The fourth-order valence-corrected chi connectivity index (χ4v) is 2.83. The number of amidine groups is 1. The van der Waals surface area contributed by atoms with Gasteiger partial charge in [0, 0.05) is 25.2 Å². The Morgan fingerprint density at radius 1 is 1.14 bits per heavy atom. The van der Waals surface area contributed by atoms with Gasteiger partial charge in [-0.2, -0.15) is 0 Å². The van der Waals surface area contributed by atoms with Crippen LogP contribution in [0.5, 0.6) is 0 Å². The summed E-state index contributed by atoms with van der Waals surface area (Å²) in [6.45, 7) is 2.91. The Kier molecular flexibility index (Phi) is 3.88. The summed E-state index contributed by atoms with van der Waals surface area (Å²) >= 11 is 0. The van der Waals surface area contributed by atoms with Gasteiger partial charge in [-0.3, -0.25) is 4.90 Å². The molecule has 0 aliphatic carbocycles. The quantitative estimate of drug-likeness (QED) is 0.393. The van der Waals surface area contributed by atoms with Crippen molar-refractivity contribution in [2.24, 2.45) is 10.9 Å². The summed E-state index contributed by atoms with van der Waals surface area (Å²) < 4.78 is 0. The molecule has 1 heterocycles. The molecule has 4 nitrogen and oxygen atoms in total. The third-order valence-electron chi connectivity index (χ3n) is 3.95. The van der Waals surface area contributed by atoms with Gasteiger partial charge >= 0.3 is 0 Å². The van der Waals surface area contributed by atoms with E-state index in [9.17, 15) is 0 Å². The van der Waals surface area contributed by atoms with Gasteiger partial charge in [-0.15, -0.1) is 0 Å². The number of nitrogens with zero attached hydrogens (tertiary/aromatic N) is 2. The summed E-state index contributed by atoms with van der Waals surface area (Å²) in [4.78, 5) is 2.42.